The van der Waals surface area contributed by atoms with E-state index in [0.29, 0.717) is 17.9 Å². The van der Waals surface area contributed by atoms with E-state index >= 15 is 0 Å². The van der Waals surface area contributed by atoms with E-state index in [0.717, 1.165) is 12.0 Å². The van der Waals surface area contributed by atoms with Gasteiger partial charge in [-0.3, -0.25) is 4.79 Å². The number of hydrogen-bond donors (Lipinski definition) is 1. The molecule has 0 aliphatic rings. The Kier molecular flexibility index (Phi) is 3.72. The van der Waals surface area contributed by atoms with Crippen LogP contribution in [-0.2, 0) is 6.42 Å². The molecule has 0 radical (unpaired) electrons. The van der Waals surface area contributed by atoms with Gasteiger partial charge in [0.25, 0.3) is 0 Å². The number of Topliss-reactive ketones (excluding diaryl/α,β-unsaturated/α-hetero) is 1. The predicted octanol–water partition coefficient (Wildman–Crippen LogP) is 2.56. The number of phenolic OH excluding ortho intramolecular Hbond substituents is 1. The minimum absolute atomic E-state index is 0.0271. The molecule has 15 heavy (non-hydrogen) atoms. The summed E-state index contributed by atoms with van der Waals surface area (Å²) in [5, 5.41) is 9.61. The molecule has 1 rings (SSSR count). The predicted molar refractivity (Wildman–Crippen MR) is 58.7 cm³/mol. The molecule has 0 saturated heterocycles. The van der Waals surface area contributed by atoms with Crippen molar-refractivity contribution < 1.29 is 14.6 Å². The van der Waals surface area contributed by atoms with Crippen LogP contribution < -0.4 is 4.74 Å². The number of phenols is 1. The summed E-state index contributed by atoms with van der Waals surface area (Å²) >= 11 is 0. The maximum Gasteiger partial charge on any atom is 0.171 e. The Morgan fingerprint density at radius 1 is 1.40 bits per heavy atom. The first-order valence-electron chi connectivity index (χ1n) is 5.10. The van der Waals surface area contributed by atoms with Gasteiger partial charge in [0.1, 0.15) is 0 Å². The summed E-state index contributed by atoms with van der Waals surface area (Å²) < 4.78 is 5.30. The SMILES string of the molecule is CCOc1c(O)ccc(CC)c1C(C)=O. The monoisotopic (exact) mass is 208 g/mol. The smallest absolute Gasteiger partial charge is 0.171 e. The normalized spacial score (nSPS) is 10.1. The average molecular weight is 208 g/mol. The molecule has 0 unspecified atom stereocenters. The van der Waals surface area contributed by atoms with Crippen molar-refractivity contribution in [1.82, 2.24) is 0 Å². The topological polar surface area (TPSA) is 46.5 Å². The van der Waals surface area contributed by atoms with Gasteiger partial charge >= 0.3 is 0 Å². The number of ketones is 1. The third-order valence-corrected chi connectivity index (χ3v) is 2.24. The Morgan fingerprint density at radius 3 is 2.53 bits per heavy atom. The van der Waals surface area contributed by atoms with Crippen molar-refractivity contribution in [3.05, 3.63) is 23.3 Å². The van der Waals surface area contributed by atoms with E-state index in [2.05, 4.69) is 0 Å². The van der Waals surface area contributed by atoms with E-state index in [4.69, 9.17) is 4.74 Å². The Labute approximate surface area is 89.7 Å². The molecule has 1 aromatic carbocycles. The fourth-order valence-electron chi connectivity index (χ4n) is 1.58. The van der Waals surface area contributed by atoms with Gasteiger partial charge in [0.05, 0.1) is 12.2 Å². The van der Waals surface area contributed by atoms with Gasteiger partial charge in [0, 0.05) is 0 Å². The molecule has 1 N–H and O–H groups in total. The lowest BCUT2D eigenvalue weighted by atomic mass is 10.0. The first-order chi connectivity index (χ1) is 7.11. The van der Waals surface area contributed by atoms with Gasteiger partial charge in [-0.05, 0) is 31.9 Å². The van der Waals surface area contributed by atoms with Crippen LogP contribution in [0.1, 0.15) is 36.7 Å². The number of aromatic hydroxyl groups is 1. The summed E-state index contributed by atoms with van der Waals surface area (Å²) in [6, 6.07) is 3.32. The van der Waals surface area contributed by atoms with E-state index in [1.807, 2.05) is 13.8 Å². The first kappa shape index (κ1) is 11.6. The van der Waals surface area contributed by atoms with Crippen molar-refractivity contribution in [2.75, 3.05) is 6.61 Å². The summed E-state index contributed by atoms with van der Waals surface area (Å²) in [5.41, 5.74) is 1.41. The lowest BCUT2D eigenvalue weighted by Crippen LogP contribution is -2.04. The highest BCUT2D eigenvalue weighted by Crippen LogP contribution is 2.33. The first-order valence-corrected chi connectivity index (χ1v) is 5.10. The van der Waals surface area contributed by atoms with Crippen LogP contribution >= 0.6 is 0 Å². The summed E-state index contributed by atoms with van der Waals surface area (Å²) in [6.45, 7) is 5.70. The zero-order valence-corrected chi connectivity index (χ0v) is 9.33. The number of benzene rings is 1. The number of aryl methyl sites for hydroxylation is 1. The van der Waals surface area contributed by atoms with Gasteiger partial charge in [-0.15, -0.1) is 0 Å². The third-order valence-electron chi connectivity index (χ3n) is 2.24. The quantitative estimate of drug-likeness (QED) is 0.773. The number of carbonyl (C=O) groups is 1. The molecule has 0 bridgehead atoms. The molecule has 0 aliphatic carbocycles. The number of ether oxygens (including phenoxy) is 1. The van der Waals surface area contributed by atoms with E-state index in [-0.39, 0.29) is 11.5 Å². The molecule has 3 heteroatoms. The second-order valence-corrected chi connectivity index (χ2v) is 3.29. The van der Waals surface area contributed by atoms with Crippen LogP contribution in [-0.4, -0.2) is 17.5 Å². The Bertz CT molecular complexity index is 369. The van der Waals surface area contributed by atoms with Gasteiger partial charge in [-0.2, -0.15) is 0 Å². The molecule has 0 spiro atoms. The van der Waals surface area contributed by atoms with E-state index in [1.165, 1.54) is 6.92 Å². The van der Waals surface area contributed by atoms with Crippen molar-refractivity contribution >= 4 is 5.78 Å². The van der Waals surface area contributed by atoms with Crippen LogP contribution in [0.4, 0.5) is 0 Å². The lowest BCUT2D eigenvalue weighted by Gasteiger charge is -2.13. The second-order valence-electron chi connectivity index (χ2n) is 3.29. The zero-order valence-electron chi connectivity index (χ0n) is 9.33. The molecular weight excluding hydrogens is 192 g/mol. The van der Waals surface area contributed by atoms with Crippen molar-refractivity contribution in [1.29, 1.82) is 0 Å². The highest BCUT2D eigenvalue weighted by atomic mass is 16.5. The molecule has 0 heterocycles. The molecule has 0 amide bonds. The molecule has 0 atom stereocenters. The van der Waals surface area contributed by atoms with E-state index in [1.54, 1.807) is 12.1 Å². The highest BCUT2D eigenvalue weighted by molar-refractivity contribution is 5.99. The Hall–Kier alpha value is -1.51. The lowest BCUT2D eigenvalue weighted by molar-refractivity contribution is 0.101. The maximum absolute atomic E-state index is 11.5. The maximum atomic E-state index is 11.5. The number of hydrogen-bond acceptors (Lipinski definition) is 3. The van der Waals surface area contributed by atoms with Crippen LogP contribution in [0.2, 0.25) is 0 Å². The van der Waals surface area contributed by atoms with Crippen LogP contribution in [0.25, 0.3) is 0 Å². The van der Waals surface area contributed by atoms with Gasteiger partial charge in [0.15, 0.2) is 17.3 Å². The molecule has 3 nitrogen and oxygen atoms in total. The molecule has 0 aromatic heterocycles. The van der Waals surface area contributed by atoms with Crippen molar-refractivity contribution in [3.63, 3.8) is 0 Å². The molecule has 1 aromatic rings. The second kappa shape index (κ2) is 4.82. The number of carbonyl (C=O) groups excluding carboxylic acids is 1. The van der Waals surface area contributed by atoms with Crippen LogP contribution in [0.5, 0.6) is 11.5 Å². The minimum Gasteiger partial charge on any atom is -0.504 e. The van der Waals surface area contributed by atoms with Crippen LogP contribution in [0.15, 0.2) is 12.1 Å². The molecule has 0 aliphatic heterocycles. The van der Waals surface area contributed by atoms with Crippen LogP contribution in [0, 0.1) is 0 Å². The fraction of sp³-hybridized carbons (Fsp3) is 0.417. The average Bonchev–Trinajstić information content (AvgIpc) is 2.20. The van der Waals surface area contributed by atoms with E-state index in [9.17, 15) is 9.90 Å². The molecule has 82 valence electrons. The molecule has 0 saturated carbocycles. The zero-order chi connectivity index (χ0) is 11.4. The Morgan fingerprint density at radius 2 is 2.07 bits per heavy atom. The van der Waals surface area contributed by atoms with Gasteiger partial charge in [0.2, 0.25) is 0 Å². The van der Waals surface area contributed by atoms with Crippen LogP contribution in [0.3, 0.4) is 0 Å². The minimum atomic E-state index is -0.0776. The van der Waals surface area contributed by atoms with Gasteiger partial charge < -0.3 is 9.84 Å². The standard InChI is InChI=1S/C12H16O3/c1-4-9-6-7-10(14)12(15-5-2)11(9)8(3)13/h6-7,14H,4-5H2,1-3H3. The summed E-state index contributed by atoms with van der Waals surface area (Å²) in [5.74, 6) is 0.259. The van der Waals surface area contributed by atoms with E-state index < -0.39 is 0 Å². The van der Waals surface area contributed by atoms with Gasteiger partial charge in [-0.25, -0.2) is 0 Å². The number of rotatable bonds is 4. The molecule has 0 fully saturated rings. The molecular formula is C12H16O3. The van der Waals surface area contributed by atoms with Crippen molar-refractivity contribution in [2.24, 2.45) is 0 Å². The summed E-state index contributed by atoms with van der Waals surface area (Å²) in [6.07, 6.45) is 0.745. The third kappa shape index (κ3) is 2.29. The summed E-state index contributed by atoms with van der Waals surface area (Å²) in [7, 11) is 0. The Balaban J connectivity index is 3.36. The van der Waals surface area contributed by atoms with Crippen molar-refractivity contribution in [3.8, 4) is 11.5 Å². The van der Waals surface area contributed by atoms with Crippen molar-refractivity contribution in [2.45, 2.75) is 27.2 Å². The largest absolute Gasteiger partial charge is 0.504 e. The summed E-state index contributed by atoms with van der Waals surface area (Å²) in [4.78, 5) is 11.5. The highest BCUT2D eigenvalue weighted by Gasteiger charge is 2.16. The van der Waals surface area contributed by atoms with Gasteiger partial charge in [-0.1, -0.05) is 13.0 Å². The fourth-order valence-corrected chi connectivity index (χ4v) is 1.58.